The van der Waals surface area contributed by atoms with E-state index in [-0.39, 0.29) is 17.0 Å². The zero-order valence-corrected chi connectivity index (χ0v) is 15.1. The summed E-state index contributed by atoms with van der Waals surface area (Å²) >= 11 is 0. The van der Waals surface area contributed by atoms with E-state index in [4.69, 9.17) is 0 Å². The predicted octanol–water partition coefficient (Wildman–Crippen LogP) is 1.56. The summed E-state index contributed by atoms with van der Waals surface area (Å²) in [6, 6.07) is 1.76. The molecule has 4 aliphatic rings. The van der Waals surface area contributed by atoms with Gasteiger partial charge in [-0.2, -0.15) is 4.80 Å². The molecule has 1 amide bonds. The van der Waals surface area contributed by atoms with Crippen LogP contribution in [0.2, 0.25) is 0 Å². The number of carbonyl (C=O) groups is 1. The van der Waals surface area contributed by atoms with Gasteiger partial charge in [0.25, 0.3) is 5.91 Å². The molecule has 8 nitrogen and oxygen atoms in total. The lowest BCUT2D eigenvalue weighted by atomic mass is 9.50. The molecule has 0 saturated heterocycles. The molecule has 0 aromatic carbocycles. The molecule has 4 saturated carbocycles. The monoisotopic (exact) mass is 353 g/mol. The van der Waals surface area contributed by atoms with Crippen molar-refractivity contribution in [2.75, 3.05) is 0 Å². The van der Waals surface area contributed by atoms with E-state index in [1.165, 1.54) is 12.7 Å². The Morgan fingerprint density at radius 3 is 2.62 bits per heavy atom. The topological polar surface area (TPSA) is 98.5 Å². The Labute approximate surface area is 151 Å². The van der Waals surface area contributed by atoms with Crippen molar-refractivity contribution in [1.82, 2.24) is 35.5 Å². The lowest BCUT2D eigenvalue weighted by molar-refractivity contribution is -0.0811. The third kappa shape index (κ3) is 2.42. The number of aromatic nitrogens is 6. The van der Waals surface area contributed by atoms with Gasteiger partial charge >= 0.3 is 0 Å². The van der Waals surface area contributed by atoms with E-state index in [0.717, 1.165) is 37.8 Å². The maximum Gasteiger partial charge on any atom is 0.270 e. The minimum atomic E-state index is -0.193. The van der Waals surface area contributed by atoms with Crippen molar-refractivity contribution in [3.8, 4) is 0 Å². The molecule has 0 spiro atoms. The molecule has 26 heavy (non-hydrogen) atoms. The summed E-state index contributed by atoms with van der Waals surface area (Å²) in [6.07, 6.45) is 7.88. The average Bonchev–Trinajstić information content (AvgIpc) is 3.07. The molecule has 0 radical (unpaired) electrons. The summed E-state index contributed by atoms with van der Waals surface area (Å²) in [5.74, 6) is 1.75. The van der Waals surface area contributed by atoms with Gasteiger partial charge in [0, 0.05) is 11.2 Å². The largest absolute Gasteiger partial charge is 0.345 e. The molecule has 2 heterocycles. The first-order valence-corrected chi connectivity index (χ1v) is 9.34. The van der Waals surface area contributed by atoms with Gasteiger partial charge in [-0.05, 0) is 75.5 Å². The smallest absolute Gasteiger partial charge is 0.270 e. The van der Waals surface area contributed by atoms with Gasteiger partial charge in [0.05, 0.1) is 5.54 Å². The van der Waals surface area contributed by atoms with Crippen LogP contribution in [0.3, 0.4) is 0 Å². The molecule has 4 aliphatic carbocycles. The number of aryl methyl sites for hydroxylation is 2. The molecule has 4 fully saturated rings. The van der Waals surface area contributed by atoms with E-state index in [2.05, 4.69) is 30.7 Å². The predicted molar refractivity (Wildman–Crippen MR) is 92.2 cm³/mol. The first-order chi connectivity index (χ1) is 12.5. The molecule has 2 aromatic heterocycles. The van der Waals surface area contributed by atoms with Gasteiger partial charge in [0.2, 0.25) is 0 Å². The Bertz CT molecular complexity index is 828. The number of rotatable bonds is 3. The van der Waals surface area contributed by atoms with Crippen LogP contribution in [0.25, 0.3) is 0 Å². The van der Waals surface area contributed by atoms with Gasteiger partial charge in [-0.25, -0.2) is 9.97 Å². The summed E-state index contributed by atoms with van der Waals surface area (Å²) in [6.45, 7) is 3.71. The summed E-state index contributed by atoms with van der Waals surface area (Å²) in [5, 5.41) is 15.9. The fourth-order valence-corrected chi connectivity index (χ4v) is 6.12. The summed E-state index contributed by atoms with van der Waals surface area (Å²) in [5.41, 5.74) is 0.975. The second-order valence-corrected chi connectivity index (χ2v) is 8.59. The van der Waals surface area contributed by atoms with E-state index in [1.807, 2.05) is 18.6 Å². The van der Waals surface area contributed by atoms with Crippen molar-refractivity contribution in [3.05, 3.63) is 29.6 Å². The highest BCUT2D eigenvalue weighted by molar-refractivity contribution is 5.93. The fourth-order valence-electron chi connectivity index (χ4n) is 6.12. The highest BCUT2D eigenvalue weighted by Crippen LogP contribution is 2.60. The van der Waals surface area contributed by atoms with Gasteiger partial charge in [0.1, 0.15) is 11.5 Å². The standard InChI is InChI=1S/C18H23N7O/c1-11-3-15(22-12(2)21-11)16(26)23-17-5-13-4-14(6-17)8-18(7-13,9-17)25-20-10-19-24-25/h3,10,13-14H,4-9H2,1-2H3,(H,23,26)/t13-,14+,17?,18?. The Morgan fingerprint density at radius 2 is 1.96 bits per heavy atom. The highest BCUT2D eigenvalue weighted by Gasteiger charge is 2.60. The number of hydrogen-bond acceptors (Lipinski definition) is 6. The molecule has 1 N–H and O–H groups in total. The zero-order chi connectivity index (χ0) is 17.9. The van der Waals surface area contributed by atoms with E-state index in [0.29, 0.717) is 23.4 Å². The lowest BCUT2D eigenvalue weighted by Gasteiger charge is -2.61. The van der Waals surface area contributed by atoms with Gasteiger partial charge in [-0.3, -0.25) is 4.79 Å². The van der Waals surface area contributed by atoms with Crippen molar-refractivity contribution in [1.29, 1.82) is 0 Å². The molecule has 2 aromatic rings. The van der Waals surface area contributed by atoms with Crippen LogP contribution in [-0.4, -0.2) is 41.6 Å². The van der Waals surface area contributed by atoms with Crippen molar-refractivity contribution < 1.29 is 4.79 Å². The quantitative estimate of drug-likeness (QED) is 0.899. The van der Waals surface area contributed by atoms with E-state index in [1.54, 1.807) is 6.07 Å². The Hall–Kier alpha value is -2.38. The normalized spacial score (nSPS) is 34.8. The first-order valence-electron chi connectivity index (χ1n) is 9.34. The average molecular weight is 353 g/mol. The third-order valence-corrected chi connectivity index (χ3v) is 6.38. The molecule has 8 heteroatoms. The number of nitrogens with one attached hydrogen (secondary N) is 1. The van der Waals surface area contributed by atoms with Crippen LogP contribution in [0.5, 0.6) is 0 Å². The van der Waals surface area contributed by atoms with Crippen molar-refractivity contribution in [2.45, 2.75) is 63.5 Å². The lowest BCUT2D eigenvalue weighted by Crippen LogP contribution is -2.66. The molecule has 6 rings (SSSR count). The fraction of sp³-hybridized carbons (Fsp3) is 0.667. The second-order valence-electron chi connectivity index (χ2n) is 8.59. The van der Waals surface area contributed by atoms with Crippen molar-refractivity contribution >= 4 is 5.91 Å². The summed E-state index contributed by atoms with van der Waals surface area (Å²) in [4.78, 5) is 23.4. The third-order valence-electron chi connectivity index (χ3n) is 6.38. The van der Waals surface area contributed by atoms with Gasteiger partial charge in [-0.15, -0.1) is 10.2 Å². The number of carbonyl (C=O) groups excluding carboxylic acids is 1. The molecule has 4 bridgehead atoms. The van der Waals surface area contributed by atoms with Crippen LogP contribution in [0.1, 0.15) is 60.5 Å². The van der Waals surface area contributed by atoms with E-state index >= 15 is 0 Å². The number of nitrogens with zero attached hydrogens (tertiary/aromatic N) is 6. The van der Waals surface area contributed by atoms with Gasteiger partial charge in [0.15, 0.2) is 6.33 Å². The van der Waals surface area contributed by atoms with Crippen LogP contribution >= 0.6 is 0 Å². The molecule has 4 atom stereocenters. The molecule has 136 valence electrons. The first kappa shape index (κ1) is 15.8. The number of amides is 1. The Kier molecular flexibility index (Phi) is 3.24. The molecule has 2 unspecified atom stereocenters. The van der Waals surface area contributed by atoms with Crippen LogP contribution in [0.4, 0.5) is 0 Å². The van der Waals surface area contributed by atoms with Gasteiger partial charge in [-0.1, -0.05) is 0 Å². The Balaban J connectivity index is 1.46. The van der Waals surface area contributed by atoms with Crippen LogP contribution in [0.15, 0.2) is 12.4 Å². The maximum atomic E-state index is 13.0. The summed E-state index contributed by atoms with van der Waals surface area (Å²) < 4.78 is 0. The van der Waals surface area contributed by atoms with Crippen molar-refractivity contribution in [2.24, 2.45) is 11.8 Å². The Morgan fingerprint density at radius 1 is 1.19 bits per heavy atom. The van der Waals surface area contributed by atoms with Gasteiger partial charge < -0.3 is 5.32 Å². The molecule has 0 aliphatic heterocycles. The zero-order valence-electron chi connectivity index (χ0n) is 15.1. The number of hydrogen-bond donors (Lipinski definition) is 1. The number of tetrazole rings is 1. The minimum Gasteiger partial charge on any atom is -0.345 e. The van der Waals surface area contributed by atoms with Crippen LogP contribution in [0, 0.1) is 25.7 Å². The van der Waals surface area contributed by atoms with E-state index < -0.39 is 0 Å². The minimum absolute atomic E-state index is 0.0951. The van der Waals surface area contributed by atoms with Crippen LogP contribution < -0.4 is 5.32 Å². The maximum absolute atomic E-state index is 13.0. The second kappa shape index (κ2) is 5.31. The highest BCUT2D eigenvalue weighted by atomic mass is 16.2. The van der Waals surface area contributed by atoms with Crippen molar-refractivity contribution in [3.63, 3.8) is 0 Å². The molecular weight excluding hydrogens is 330 g/mol. The van der Waals surface area contributed by atoms with E-state index in [9.17, 15) is 4.79 Å². The summed E-state index contributed by atoms with van der Waals surface area (Å²) in [7, 11) is 0. The van der Waals surface area contributed by atoms with Crippen LogP contribution in [-0.2, 0) is 5.54 Å². The SMILES string of the molecule is Cc1cc(C(=O)NC23C[C@H]4C[C@@H](C2)CC(n2ncnn2)(C4)C3)nc(C)n1. The molecular formula is C18H23N7O.